The number of aliphatic hydroxyl groups excluding tert-OH is 1. The average molecular weight is 344 g/mol. The van der Waals surface area contributed by atoms with Gasteiger partial charge in [0.25, 0.3) is 0 Å². The summed E-state index contributed by atoms with van der Waals surface area (Å²) in [4.78, 5) is 24.3. The fraction of sp³-hybridized carbons (Fsp3) is 0.810. The van der Waals surface area contributed by atoms with Crippen molar-refractivity contribution in [1.82, 2.24) is 0 Å². The van der Waals surface area contributed by atoms with Crippen LogP contribution in [0.15, 0.2) is 11.6 Å². The molecule has 0 radical (unpaired) electrons. The highest BCUT2D eigenvalue weighted by Gasteiger charge is 2.79. The first kappa shape index (κ1) is 16.2. The van der Waals surface area contributed by atoms with Gasteiger partial charge < -0.3 is 9.84 Å². The lowest BCUT2D eigenvalue weighted by Gasteiger charge is -2.59. The summed E-state index contributed by atoms with van der Waals surface area (Å²) < 4.78 is 5.96. The molecule has 1 saturated heterocycles. The molecule has 5 rings (SSSR count). The Balaban J connectivity index is 1.54. The molecule has 2 unspecified atom stereocenters. The van der Waals surface area contributed by atoms with E-state index in [0.717, 1.165) is 37.7 Å². The van der Waals surface area contributed by atoms with Crippen molar-refractivity contribution in [3.63, 3.8) is 0 Å². The summed E-state index contributed by atoms with van der Waals surface area (Å²) in [6, 6.07) is 0. The Hall–Kier alpha value is -1.00. The maximum absolute atomic E-state index is 12.4. The Morgan fingerprint density at radius 3 is 2.72 bits per heavy atom. The molecule has 1 heterocycles. The number of ketones is 2. The van der Waals surface area contributed by atoms with Gasteiger partial charge in [-0.2, -0.15) is 0 Å². The van der Waals surface area contributed by atoms with Gasteiger partial charge in [-0.15, -0.1) is 0 Å². The van der Waals surface area contributed by atoms with E-state index in [9.17, 15) is 14.7 Å². The van der Waals surface area contributed by atoms with Gasteiger partial charge in [-0.05, 0) is 73.8 Å². The summed E-state index contributed by atoms with van der Waals surface area (Å²) in [7, 11) is 0. The molecule has 5 aliphatic rings. The van der Waals surface area contributed by atoms with Gasteiger partial charge in [-0.25, -0.2) is 0 Å². The fourth-order valence-electron chi connectivity index (χ4n) is 7.67. The van der Waals surface area contributed by atoms with Gasteiger partial charge >= 0.3 is 0 Å². The highest BCUT2D eigenvalue weighted by atomic mass is 16.6. The molecule has 1 aliphatic heterocycles. The molecule has 0 spiro atoms. The van der Waals surface area contributed by atoms with Crippen molar-refractivity contribution in [2.75, 3.05) is 0 Å². The molecule has 4 fully saturated rings. The van der Waals surface area contributed by atoms with Crippen LogP contribution in [-0.4, -0.2) is 34.5 Å². The van der Waals surface area contributed by atoms with Gasteiger partial charge in [0.15, 0.2) is 17.2 Å². The van der Waals surface area contributed by atoms with Crippen molar-refractivity contribution in [2.24, 2.45) is 28.6 Å². The standard InChI is InChI=1S/C21H28O4/c1-11(22)21-18(25-21)10-15-13-9-17(24)16-8-12(23)4-6-19(16,2)14(13)5-7-20(15,21)3/h8,13-15,17-18,24H,4-7,9-10H2,1-3H3/t13-,14+,15+,17?,18?,19-,20+,21-/m1/s1. The highest BCUT2D eigenvalue weighted by molar-refractivity contribution is 5.92. The average Bonchev–Trinajstić information content (AvgIpc) is 3.23. The zero-order chi connectivity index (χ0) is 17.8. The SMILES string of the molecule is CC(=O)[C@@]12OC1C[C@H]1[C@@H]3CC(O)C4=CC(=O)CC[C@]4(C)[C@H]3CC[C@@]12C. The van der Waals surface area contributed by atoms with Gasteiger partial charge in [0.1, 0.15) is 0 Å². The van der Waals surface area contributed by atoms with Crippen molar-refractivity contribution in [3.05, 3.63) is 11.6 Å². The predicted octanol–water partition coefficient (Wildman–Crippen LogP) is 2.83. The van der Waals surface area contributed by atoms with E-state index in [1.54, 1.807) is 13.0 Å². The Labute approximate surface area is 149 Å². The summed E-state index contributed by atoms with van der Waals surface area (Å²) in [5, 5.41) is 10.9. The largest absolute Gasteiger partial charge is 0.389 e. The number of epoxide rings is 1. The second kappa shape index (κ2) is 4.64. The normalized spacial score (nSPS) is 56.2. The molecule has 0 aromatic heterocycles. The number of rotatable bonds is 1. The second-order valence-corrected chi connectivity index (χ2v) is 9.70. The number of aliphatic hydroxyl groups is 1. The molecular formula is C21H28O4. The van der Waals surface area contributed by atoms with Crippen LogP contribution in [0.4, 0.5) is 0 Å². The van der Waals surface area contributed by atoms with Crippen LogP contribution >= 0.6 is 0 Å². The molecular weight excluding hydrogens is 316 g/mol. The molecule has 25 heavy (non-hydrogen) atoms. The minimum absolute atomic E-state index is 0.0609. The number of ether oxygens (including phenoxy) is 1. The monoisotopic (exact) mass is 344 g/mol. The van der Waals surface area contributed by atoms with Crippen LogP contribution in [0.3, 0.4) is 0 Å². The van der Waals surface area contributed by atoms with E-state index >= 15 is 0 Å². The maximum Gasteiger partial charge on any atom is 0.164 e. The Kier molecular flexibility index (Phi) is 3.00. The Bertz CT molecular complexity index is 711. The third kappa shape index (κ3) is 1.71. The summed E-state index contributed by atoms with van der Waals surface area (Å²) in [5.41, 5.74) is 0.281. The van der Waals surface area contributed by atoms with Gasteiger partial charge in [0.2, 0.25) is 0 Å². The predicted molar refractivity (Wildman–Crippen MR) is 91.8 cm³/mol. The lowest BCUT2D eigenvalue weighted by atomic mass is 9.46. The smallest absolute Gasteiger partial charge is 0.164 e. The van der Waals surface area contributed by atoms with Crippen molar-refractivity contribution in [3.8, 4) is 0 Å². The number of carbonyl (C=O) groups is 2. The minimum Gasteiger partial charge on any atom is -0.389 e. The van der Waals surface area contributed by atoms with E-state index in [-0.39, 0.29) is 28.5 Å². The zero-order valence-electron chi connectivity index (χ0n) is 15.4. The molecule has 8 atom stereocenters. The van der Waals surface area contributed by atoms with E-state index in [1.807, 2.05) is 0 Å². The highest BCUT2D eigenvalue weighted by Crippen LogP contribution is 2.73. The lowest BCUT2D eigenvalue weighted by Crippen LogP contribution is -2.56. The number of Topliss-reactive ketones (excluding diaryl/α,β-unsaturated/α-hetero) is 1. The van der Waals surface area contributed by atoms with Gasteiger partial charge in [0.05, 0.1) is 12.2 Å². The zero-order valence-corrected chi connectivity index (χ0v) is 15.4. The molecule has 4 aliphatic carbocycles. The maximum atomic E-state index is 12.4. The molecule has 0 bridgehead atoms. The molecule has 0 aromatic carbocycles. The number of carbonyl (C=O) groups excluding carboxylic acids is 2. The van der Waals surface area contributed by atoms with Crippen LogP contribution in [0.25, 0.3) is 0 Å². The van der Waals surface area contributed by atoms with Crippen molar-refractivity contribution in [2.45, 2.75) is 77.1 Å². The van der Waals surface area contributed by atoms with E-state index in [4.69, 9.17) is 4.74 Å². The van der Waals surface area contributed by atoms with E-state index in [2.05, 4.69) is 13.8 Å². The van der Waals surface area contributed by atoms with E-state index < -0.39 is 11.7 Å². The first-order chi connectivity index (χ1) is 11.7. The third-order valence-electron chi connectivity index (χ3n) is 8.93. The Morgan fingerprint density at radius 1 is 1.24 bits per heavy atom. The van der Waals surface area contributed by atoms with Crippen LogP contribution in [0, 0.1) is 28.6 Å². The molecule has 4 nitrogen and oxygen atoms in total. The Morgan fingerprint density at radius 2 is 2.00 bits per heavy atom. The second-order valence-electron chi connectivity index (χ2n) is 9.70. The van der Waals surface area contributed by atoms with Gasteiger partial charge in [-0.3, -0.25) is 9.59 Å². The molecule has 136 valence electrons. The fourth-order valence-corrected chi connectivity index (χ4v) is 7.67. The van der Waals surface area contributed by atoms with E-state index in [1.165, 1.54) is 0 Å². The van der Waals surface area contributed by atoms with Crippen LogP contribution in [-0.2, 0) is 14.3 Å². The third-order valence-corrected chi connectivity index (χ3v) is 8.93. The molecule has 0 amide bonds. The number of hydrogen-bond acceptors (Lipinski definition) is 4. The van der Waals surface area contributed by atoms with Crippen molar-refractivity contribution >= 4 is 11.6 Å². The minimum atomic E-state index is -0.548. The quantitative estimate of drug-likeness (QED) is 0.743. The van der Waals surface area contributed by atoms with Crippen LogP contribution in [0.1, 0.15) is 59.3 Å². The summed E-state index contributed by atoms with van der Waals surface area (Å²) in [5.74, 6) is 1.73. The van der Waals surface area contributed by atoms with Crippen LogP contribution in [0.5, 0.6) is 0 Å². The summed E-state index contributed by atoms with van der Waals surface area (Å²) in [6.45, 7) is 6.21. The molecule has 0 aromatic rings. The lowest BCUT2D eigenvalue weighted by molar-refractivity contribution is -0.140. The van der Waals surface area contributed by atoms with Crippen LogP contribution in [0.2, 0.25) is 0 Å². The van der Waals surface area contributed by atoms with Crippen molar-refractivity contribution < 1.29 is 19.4 Å². The van der Waals surface area contributed by atoms with Gasteiger partial charge in [0, 0.05) is 11.8 Å². The number of fused-ring (bicyclic) bond motifs is 7. The molecule has 3 saturated carbocycles. The van der Waals surface area contributed by atoms with Crippen molar-refractivity contribution in [1.29, 1.82) is 0 Å². The first-order valence-electron chi connectivity index (χ1n) is 9.86. The number of hydrogen-bond donors (Lipinski definition) is 1. The molecule has 1 N–H and O–H groups in total. The van der Waals surface area contributed by atoms with Gasteiger partial charge in [-0.1, -0.05) is 13.8 Å². The first-order valence-corrected chi connectivity index (χ1v) is 9.86. The van der Waals surface area contributed by atoms with Crippen LogP contribution < -0.4 is 0 Å². The molecule has 4 heteroatoms. The van der Waals surface area contributed by atoms with E-state index in [0.29, 0.717) is 24.2 Å². The topological polar surface area (TPSA) is 66.9 Å². The summed E-state index contributed by atoms with van der Waals surface area (Å²) in [6.07, 6.45) is 6.55. The summed E-state index contributed by atoms with van der Waals surface area (Å²) >= 11 is 0.